The van der Waals surface area contributed by atoms with Gasteiger partial charge in [-0.1, -0.05) is 12.1 Å². The van der Waals surface area contributed by atoms with Crippen molar-refractivity contribution in [3.8, 4) is 0 Å². The van der Waals surface area contributed by atoms with Crippen LogP contribution < -0.4 is 16.8 Å². The standard InChI is InChI=1S/C13H13N3O/c14-9-5-7-10(8-6-9)16-13(17)11-3-1-2-4-12(11)15/h1-8H,14-15H2,(H,16,17). The van der Waals surface area contributed by atoms with E-state index >= 15 is 0 Å². The molecule has 2 aromatic carbocycles. The Kier molecular flexibility index (Phi) is 2.96. The Morgan fingerprint density at radius 3 is 2.24 bits per heavy atom. The van der Waals surface area contributed by atoms with E-state index in [1.165, 1.54) is 0 Å². The molecule has 0 aliphatic heterocycles. The molecule has 1 amide bonds. The Balaban J connectivity index is 2.17. The lowest BCUT2D eigenvalue weighted by molar-refractivity contribution is 0.102. The Bertz CT molecular complexity index is 535. The van der Waals surface area contributed by atoms with Crippen LogP contribution in [-0.4, -0.2) is 5.91 Å². The third kappa shape index (κ3) is 2.55. The number of anilines is 3. The van der Waals surface area contributed by atoms with Crippen LogP contribution in [0.15, 0.2) is 48.5 Å². The summed E-state index contributed by atoms with van der Waals surface area (Å²) in [4.78, 5) is 11.9. The molecule has 0 bridgehead atoms. The first-order chi connectivity index (χ1) is 8.16. The predicted octanol–water partition coefficient (Wildman–Crippen LogP) is 2.10. The van der Waals surface area contributed by atoms with Crippen LogP contribution in [-0.2, 0) is 0 Å². The summed E-state index contributed by atoms with van der Waals surface area (Å²) >= 11 is 0. The van der Waals surface area contributed by atoms with Crippen molar-refractivity contribution in [1.82, 2.24) is 0 Å². The summed E-state index contributed by atoms with van der Waals surface area (Å²) in [5.41, 5.74) is 13.5. The van der Waals surface area contributed by atoms with Crippen LogP contribution in [0.2, 0.25) is 0 Å². The normalized spacial score (nSPS) is 9.88. The van der Waals surface area contributed by atoms with Gasteiger partial charge >= 0.3 is 0 Å². The number of para-hydroxylation sites is 1. The first kappa shape index (κ1) is 11.0. The molecule has 0 fully saturated rings. The van der Waals surface area contributed by atoms with Crippen LogP contribution in [0.1, 0.15) is 10.4 Å². The molecule has 4 nitrogen and oxygen atoms in total. The number of nitrogens with two attached hydrogens (primary N) is 2. The molecule has 0 saturated carbocycles. The van der Waals surface area contributed by atoms with Gasteiger partial charge in [-0.15, -0.1) is 0 Å². The molecule has 2 aromatic rings. The minimum absolute atomic E-state index is 0.229. The summed E-state index contributed by atoms with van der Waals surface area (Å²) in [7, 11) is 0. The maximum Gasteiger partial charge on any atom is 0.257 e. The number of hydrogen-bond donors (Lipinski definition) is 3. The quantitative estimate of drug-likeness (QED) is 0.687. The van der Waals surface area contributed by atoms with E-state index in [0.717, 1.165) is 0 Å². The fourth-order valence-electron chi connectivity index (χ4n) is 1.47. The topological polar surface area (TPSA) is 81.1 Å². The van der Waals surface area contributed by atoms with Gasteiger partial charge in [0.1, 0.15) is 0 Å². The Morgan fingerprint density at radius 1 is 0.941 bits per heavy atom. The Morgan fingerprint density at radius 2 is 1.59 bits per heavy atom. The average Bonchev–Trinajstić information content (AvgIpc) is 2.32. The summed E-state index contributed by atoms with van der Waals surface area (Å²) in [5, 5.41) is 2.75. The van der Waals surface area contributed by atoms with Crippen molar-refractivity contribution in [2.75, 3.05) is 16.8 Å². The summed E-state index contributed by atoms with van der Waals surface area (Å²) < 4.78 is 0. The molecule has 4 heteroatoms. The van der Waals surface area contributed by atoms with Gasteiger partial charge in [0.25, 0.3) is 5.91 Å². The lowest BCUT2D eigenvalue weighted by Gasteiger charge is -2.07. The van der Waals surface area contributed by atoms with E-state index in [-0.39, 0.29) is 5.91 Å². The molecule has 0 heterocycles. The average molecular weight is 227 g/mol. The largest absolute Gasteiger partial charge is 0.399 e. The van der Waals surface area contributed by atoms with Crippen molar-refractivity contribution in [3.63, 3.8) is 0 Å². The molecule has 2 rings (SSSR count). The number of rotatable bonds is 2. The number of carbonyl (C=O) groups excluding carboxylic acids is 1. The number of nitrogens with one attached hydrogen (secondary N) is 1. The molecule has 0 spiro atoms. The summed E-state index contributed by atoms with van der Waals surface area (Å²) in [5.74, 6) is -0.229. The minimum atomic E-state index is -0.229. The maximum atomic E-state index is 11.9. The zero-order chi connectivity index (χ0) is 12.3. The lowest BCUT2D eigenvalue weighted by atomic mass is 10.1. The summed E-state index contributed by atoms with van der Waals surface area (Å²) in [6.45, 7) is 0. The maximum absolute atomic E-state index is 11.9. The second-order valence-electron chi connectivity index (χ2n) is 3.66. The number of hydrogen-bond acceptors (Lipinski definition) is 3. The van der Waals surface area contributed by atoms with Gasteiger partial charge in [-0.3, -0.25) is 4.79 Å². The second kappa shape index (κ2) is 4.57. The highest BCUT2D eigenvalue weighted by Crippen LogP contribution is 2.15. The molecular weight excluding hydrogens is 214 g/mol. The van der Waals surface area contributed by atoms with Crippen molar-refractivity contribution in [2.45, 2.75) is 0 Å². The SMILES string of the molecule is Nc1ccc(NC(=O)c2ccccc2N)cc1. The highest BCUT2D eigenvalue weighted by Gasteiger charge is 2.08. The second-order valence-corrected chi connectivity index (χ2v) is 3.66. The molecule has 0 aliphatic rings. The van der Waals surface area contributed by atoms with Crippen molar-refractivity contribution < 1.29 is 4.79 Å². The van der Waals surface area contributed by atoms with Gasteiger partial charge in [0.05, 0.1) is 5.56 Å². The molecule has 0 aromatic heterocycles. The van der Waals surface area contributed by atoms with Crippen LogP contribution in [0.5, 0.6) is 0 Å². The molecule has 5 N–H and O–H groups in total. The van der Waals surface area contributed by atoms with E-state index in [4.69, 9.17) is 11.5 Å². The molecule has 0 atom stereocenters. The predicted molar refractivity (Wildman–Crippen MR) is 69.7 cm³/mol. The number of carbonyl (C=O) groups is 1. The van der Waals surface area contributed by atoms with Crippen LogP contribution in [0.3, 0.4) is 0 Å². The number of amides is 1. The molecular formula is C13H13N3O. The van der Waals surface area contributed by atoms with E-state index in [9.17, 15) is 4.79 Å². The molecule has 17 heavy (non-hydrogen) atoms. The smallest absolute Gasteiger partial charge is 0.257 e. The van der Waals surface area contributed by atoms with Gasteiger partial charge in [-0.2, -0.15) is 0 Å². The van der Waals surface area contributed by atoms with E-state index in [0.29, 0.717) is 22.6 Å². The van der Waals surface area contributed by atoms with Crippen LogP contribution in [0.25, 0.3) is 0 Å². The third-order valence-corrected chi connectivity index (χ3v) is 2.37. The number of nitrogen functional groups attached to an aromatic ring is 2. The van der Waals surface area contributed by atoms with Crippen LogP contribution >= 0.6 is 0 Å². The van der Waals surface area contributed by atoms with Crippen molar-refractivity contribution in [1.29, 1.82) is 0 Å². The molecule has 0 aliphatic carbocycles. The van der Waals surface area contributed by atoms with Gasteiger partial charge < -0.3 is 16.8 Å². The van der Waals surface area contributed by atoms with Crippen molar-refractivity contribution >= 4 is 23.0 Å². The van der Waals surface area contributed by atoms with E-state index in [1.54, 1.807) is 48.5 Å². The summed E-state index contributed by atoms with van der Waals surface area (Å²) in [6, 6.07) is 13.9. The van der Waals surface area contributed by atoms with Crippen molar-refractivity contribution in [2.24, 2.45) is 0 Å². The highest BCUT2D eigenvalue weighted by molar-refractivity contribution is 6.07. The van der Waals surface area contributed by atoms with Crippen LogP contribution in [0.4, 0.5) is 17.1 Å². The fraction of sp³-hybridized carbons (Fsp3) is 0. The third-order valence-electron chi connectivity index (χ3n) is 2.37. The van der Waals surface area contributed by atoms with Gasteiger partial charge in [0.15, 0.2) is 0 Å². The van der Waals surface area contributed by atoms with Gasteiger partial charge in [-0.25, -0.2) is 0 Å². The highest BCUT2D eigenvalue weighted by atomic mass is 16.1. The number of benzene rings is 2. The Hall–Kier alpha value is -2.49. The zero-order valence-corrected chi connectivity index (χ0v) is 9.18. The first-order valence-corrected chi connectivity index (χ1v) is 5.18. The Labute approximate surface area is 99.2 Å². The van der Waals surface area contributed by atoms with E-state index in [2.05, 4.69) is 5.32 Å². The lowest BCUT2D eigenvalue weighted by Crippen LogP contribution is -2.13. The molecule has 0 radical (unpaired) electrons. The molecule has 86 valence electrons. The van der Waals surface area contributed by atoms with Gasteiger partial charge in [-0.05, 0) is 36.4 Å². The monoisotopic (exact) mass is 227 g/mol. The molecule has 0 unspecified atom stereocenters. The summed E-state index contributed by atoms with van der Waals surface area (Å²) in [6.07, 6.45) is 0. The first-order valence-electron chi connectivity index (χ1n) is 5.18. The fourth-order valence-corrected chi connectivity index (χ4v) is 1.47. The van der Waals surface area contributed by atoms with Crippen LogP contribution in [0, 0.1) is 0 Å². The van der Waals surface area contributed by atoms with E-state index in [1.807, 2.05) is 0 Å². The van der Waals surface area contributed by atoms with Gasteiger partial charge in [0.2, 0.25) is 0 Å². The zero-order valence-electron chi connectivity index (χ0n) is 9.18. The van der Waals surface area contributed by atoms with Crippen molar-refractivity contribution in [3.05, 3.63) is 54.1 Å². The van der Waals surface area contributed by atoms with Gasteiger partial charge in [0, 0.05) is 17.1 Å². The van der Waals surface area contributed by atoms with E-state index < -0.39 is 0 Å². The molecule has 0 saturated heterocycles. The minimum Gasteiger partial charge on any atom is -0.399 e.